The molecule has 32 heavy (non-hydrogen) atoms. The molecule has 1 spiro atoms. The lowest BCUT2D eigenvalue weighted by Crippen LogP contribution is -2.54. The molecule has 2 N–H and O–H groups in total. The van der Waals surface area contributed by atoms with E-state index in [2.05, 4.69) is 28.1 Å². The summed E-state index contributed by atoms with van der Waals surface area (Å²) in [5.74, 6) is 0. The molecule has 174 valence electrons. The van der Waals surface area contributed by atoms with E-state index in [0.29, 0.717) is 28.3 Å². The van der Waals surface area contributed by atoms with Gasteiger partial charge in [0.25, 0.3) is 0 Å². The van der Waals surface area contributed by atoms with Crippen LogP contribution in [0.3, 0.4) is 0 Å². The van der Waals surface area contributed by atoms with Crippen LogP contribution in [0, 0.1) is 5.41 Å². The minimum absolute atomic E-state index is 0.0306. The first-order valence-electron chi connectivity index (χ1n) is 11.8. The van der Waals surface area contributed by atoms with Crippen molar-refractivity contribution in [3.05, 3.63) is 40.0 Å². The van der Waals surface area contributed by atoms with E-state index in [1.807, 2.05) is 4.90 Å². The molecule has 0 radical (unpaired) electrons. The summed E-state index contributed by atoms with van der Waals surface area (Å²) in [6.07, 6.45) is 7.84. The molecule has 3 heterocycles. The normalized spacial score (nSPS) is 29.1. The zero-order chi connectivity index (χ0) is 22.5. The Labute approximate surface area is 200 Å². The van der Waals surface area contributed by atoms with Gasteiger partial charge in [-0.1, -0.05) is 29.3 Å². The summed E-state index contributed by atoms with van der Waals surface area (Å²) >= 11 is 12.1. The van der Waals surface area contributed by atoms with Gasteiger partial charge in [-0.2, -0.15) is 0 Å². The van der Waals surface area contributed by atoms with E-state index >= 15 is 0 Å². The Morgan fingerprint density at radius 3 is 2.72 bits per heavy atom. The van der Waals surface area contributed by atoms with Crippen molar-refractivity contribution in [3.8, 4) is 0 Å². The van der Waals surface area contributed by atoms with Crippen molar-refractivity contribution < 1.29 is 9.90 Å². The maximum absolute atomic E-state index is 12.9. The third kappa shape index (κ3) is 4.23. The highest BCUT2D eigenvalue weighted by molar-refractivity contribution is 6.42. The Morgan fingerprint density at radius 2 is 2.00 bits per heavy atom. The second-order valence-corrected chi connectivity index (χ2v) is 10.7. The first kappa shape index (κ1) is 22.3. The van der Waals surface area contributed by atoms with Crippen molar-refractivity contribution in [2.24, 2.45) is 5.41 Å². The van der Waals surface area contributed by atoms with Crippen molar-refractivity contribution in [1.82, 2.24) is 14.7 Å². The second kappa shape index (κ2) is 8.71. The molecule has 3 atom stereocenters. The van der Waals surface area contributed by atoms with Crippen molar-refractivity contribution in [1.29, 1.82) is 0 Å². The average Bonchev–Trinajstić information content (AvgIpc) is 3.43. The Bertz CT molecular complexity index is 919. The first-order valence-corrected chi connectivity index (χ1v) is 12.5. The monoisotopic (exact) mass is 478 g/mol. The number of likely N-dealkylation sites (tertiary alicyclic amines) is 1. The molecule has 2 saturated heterocycles. The highest BCUT2D eigenvalue weighted by atomic mass is 35.5. The molecule has 1 aliphatic carbocycles. The lowest BCUT2D eigenvalue weighted by molar-refractivity contribution is 0.00568. The lowest BCUT2D eigenvalue weighted by atomic mass is 9.90. The van der Waals surface area contributed by atoms with Crippen molar-refractivity contribution in [3.63, 3.8) is 0 Å². The molecule has 1 aromatic carbocycles. The molecule has 3 unspecified atom stereocenters. The number of benzene rings is 1. The minimum Gasteiger partial charge on any atom is -0.391 e. The van der Waals surface area contributed by atoms with E-state index in [-0.39, 0.29) is 23.6 Å². The van der Waals surface area contributed by atoms with Gasteiger partial charge in [-0.15, -0.1) is 0 Å². The lowest BCUT2D eigenvalue weighted by Gasteiger charge is -2.44. The summed E-state index contributed by atoms with van der Waals surface area (Å²) in [6, 6.07) is 5.54. The third-order valence-corrected chi connectivity index (χ3v) is 8.75. The molecule has 8 heteroatoms. The molecule has 5 rings (SSSR count). The van der Waals surface area contributed by atoms with Gasteiger partial charge < -0.3 is 25.1 Å². The quantitative estimate of drug-likeness (QED) is 0.671. The average molecular weight is 479 g/mol. The number of nitrogens with one attached hydrogen (secondary N) is 1. The number of piperidine rings is 1. The molecule has 1 aromatic rings. The molecule has 4 aliphatic rings. The zero-order valence-electron chi connectivity index (χ0n) is 18.6. The minimum atomic E-state index is -0.147. The summed E-state index contributed by atoms with van der Waals surface area (Å²) in [5, 5.41) is 14.3. The van der Waals surface area contributed by atoms with Crippen LogP contribution in [0.4, 0.5) is 10.5 Å². The second-order valence-electron chi connectivity index (χ2n) is 9.86. The van der Waals surface area contributed by atoms with Crippen LogP contribution in [0.1, 0.15) is 39.0 Å². The van der Waals surface area contributed by atoms with Gasteiger partial charge in [-0.05, 0) is 69.2 Å². The standard InChI is InChI=1S/C24H32Cl2N4O2/c1-16-21-5-3-18(6-10-28-11-9-24(7-8-24)22(31)15-28)30(21)13-12-29(16)23(32)27-17-2-4-19(25)20(26)14-17/h2,4-5,14,16,18,22,31H,3,6-13,15H2,1H3,(H,27,32). The molecule has 0 bridgehead atoms. The zero-order valence-corrected chi connectivity index (χ0v) is 20.1. The largest absolute Gasteiger partial charge is 0.391 e. The Morgan fingerprint density at radius 1 is 1.19 bits per heavy atom. The van der Waals surface area contributed by atoms with Crippen LogP contribution in [-0.2, 0) is 0 Å². The number of carbonyl (C=O) groups is 1. The summed E-state index contributed by atoms with van der Waals surface area (Å²) in [6.45, 7) is 6.61. The summed E-state index contributed by atoms with van der Waals surface area (Å²) in [4.78, 5) is 19.8. The molecular weight excluding hydrogens is 447 g/mol. The van der Waals surface area contributed by atoms with Crippen LogP contribution in [0.15, 0.2) is 30.0 Å². The summed E-state index contributed by atoms with van der Waals surface area (Å²) in [7, 11) is 0. The summed E-state index contributed by atoms with van der Waals surface area (Å²) in [5.41, 5.74) is 2.16. The number of β-amino-alcohol motifs (C(OH)–C–C–N with tert-alkyl or cyclic N) is 1. The van der Waals surface area contributed by atoms with Gasteiger partial charge >= 0.3 is 6.03 Å². The van der Waals surface area contributed by atoms with Crippen LogP contribution >= 0.6 is 23.2 Å². The van der Waals surface area contributed by atoms with Crippen LogP contribution in [0.25, 0.3) is 0 Å². The number of aliphatic hydroxyl groups is 1. The van der Waals surface area contributed by atoms with E-state index in [9.17, 15) is 9.90 Å². The molecule has 1 saturated carbocycles. The predicted molar refractivity (Wildman–Crippen MR) is 128 cm³/mol. The van der Waals surface area contributed by atoms with E-state index in [1.165, 1.54) is 18.5 Å². The molecule has 3 fully saturated rings. The highest BCUT2D eigenvalue weighted by Gasteiger charge is 2.51. The Hall–Kier alpha value is -1.47. The van der Waals surface area contributed by atoms with Gasteiger partial charge in [-0.3, -0.25) is 0 Å². The van der Waals surface area contributed by atoms with Crippen molar-refractivity contribution in [2.45, 2.75) is 57.2 Å². The van der Waals surface area contributed by atoms with Crippen LogP contribution in [0.5, 0.6) is 0 Å². The fourth-order valence-corrected chi connectivity index (χ4v) is 5.98. The molecule has 0 aromatic heterocycles. The van der Waals surface area contributed by atoms with E-state index in [0.717, 1.165) is 45.4 Å². The molecule has 3 aliphatic heterocycles. The number of aliphatic hydroxyl groups excluding tert-OH is 1. The Kier molecular flexibility index (Phi) is 6.08. The van der Waals surface area contributed by atoms with Crippen molar-refractivity contribution in [2.75, 3.05) is 38.0 Å². The fraction of sp³-hybridized carbons (Fsp3) is 0.625. The maximum Gasteiger partial charge on any atom is 0.322 e. The number of anilines is 1. The number of halogens is 2. The van der Waals surface area contributed by atoms with Crippen LogP contribution < -0.4 is 5.32 Å². The SMILES string of the molecule is CC1C2=CCC(CCN3CCC4(CC4)C(O)C3)N2CCN1C(=O)Nc1ccc(Cl)c(Cl)c1. The maximum atomic E-state index is 12.9. The molecule has 2 amide bonds. The van der Waals surface area contributed by atoms with Gasteiger partial charge in [0.15, 0.2) is 0 Å². The van der Waals surface area contributed by atoms with Gasteiger partial charge in [0.05, 0.1) is 22.2 Å². The number of piperazine rings is 1. The number of nitrogens with zero attached hydrogens (tertiary/aromatic N) is 3. The van der Waals surface area contributed by atoms with E-state index in [4.69, 9.17) is 23.2 Å². The third-order valence-electron chi connectivity index (χ3n) is 8.02. The first-order chi connectivity index (χ1) is 15.4. The summed E-state index contributed by atoms with van der Waals surface area (Å²) < 4.78 is 0. The van der Waals surface area contributed by atoms with Gasteiger partial charge in [0, 0.05) is 43.6 Å². The van der Waals surface area contributed by atoms with E-state index < -0.39 is 0 Å². The fourth-order valence-electron chi connectivity index (χ4n) is 5.68. The predicted octanol–water partition coefficient (Wildman–Crippen LogP) is 4.42. The number of fused-ring (bicyclic) bond motifs is 1. The number of hydrogen-bond acceptors (Lipinski definition) is 4. The number of rotatable bonds is 4. The number of amides is 2. The molecular formula is C24H32Cl2N4O2. The van der Waals surface area contributed by atoms with Crippen LogP contribution in [-0.4, -0.2) is 76.7 Å². The smallest absolute Gasteiger partial charge is 0.322 e. The number of urea groups is 1. The van der Waals surface area contributed by atoms with Gasteiger partial charge in [0.2, 0.25) is 0 Å². The van der Waals surface area contributed by atoms with E-state index in [1.54, 1.807) is 18.2 Å². The van der Waals surface area contributed by atoms with Gasteiger partial charge in [-0.25, -0.2) is 4.79 Å². The molecule has 6 nitrogen and oxygen atoms in total. The van der Waals surface area contributed by atoms with Crippen LogP contribution in [0.2, 0.25) is 10.0 Å². The van der Waals surface area contributed by atoms with Crippen molar-refractivity contribution >= 4 is 34.9 Å². The highest BCUT2D eigenvalue weighted by Crippen LogP contribution is 2.53. The Balaban J connectivity index is 1.14. The number of hydrogen-bond donors (Lipinski definition) is 2. The van der Waals surface area contributed by atoms with Gasteiger partial charge in [0.1, 0.15) is 0 Å². The number of carbonyl (C=O) groups excluding carboxylic acids is 1. The topological polar surface area (TPSA) is 59.1 Å².